The number of nitrogens with one attached hydrogen (secondary N) is 2. The van der Waals surface area contributed by atoms with Gasteiger partial charge in [0.05, 0.1) is 12.0 Å². The van der Waals surface area contributed by atoms with Crippen LogP contribution in [-0.2, 0) is 11.2 Å². The molecule has 0 fully saturated rings. The maximum atomic E-state index is 10.8. The summed E-state index contributed by atoms with van der Waals surface area (Å²) in [6, 6.07) is 1.39. The van der Waals surface area contributed by atoms with Crippen molar-refractivity contribution in [3.63, 3.8) is 0 Å². The van der Waals surface area contributed by atoms with Crippen molar-refractivity contribution in [2.45, 2.75) is 6.42 Å². The lowest BCUT2D eigenvalue weighted by Crippen LogP contribution is -2.31. The smallest absolute Gasteiger partial charge is 0.337 e. The van der Waals surface area contributed by atoms with Gasteiger partial charge in [-0.3, -0.25) is 10.2 Å². The number of carbonyl (C=O) groups is 2. The fourth-order valence-electron chi connectivity index (χ4n) is 0.962. The third-order valence-electron chi connectivity index (χ3n) is 1.56. The van der Waals surface area contributed by atoms with E-state index in [1.54, 1.807) is 0 Å². The van der Waals surface area contributed by atoms with Gasteiger partial charge in [0.2, 0.25) is 5.91 Å². The number of hydrogen-bond donors (Lipinski definition) is 4. The Bertz CT molecular complexity index is 331. The van der Waals surface area contributed by atoms with Gasteiger partial charge in [-0.25, -0.2) is 10.6 Å². The van der Waals surface area contributed by atoms with E-state index >= 15 is 0 Å². The average molecular weight is 183 g/mol. The van der Waals surface area contributed by atoms with Gasteiger partial charge in [0.1, 0.15) is 0 Å². The Kier molecular flexibility index (Phi) is 2.65. The minimum absolute atomic E-state index is 0.0644. The summed E-state index contributed by atoms with van der Waals surface area (Å²) in [4.78, 5) is 24.0. The molecule has 0 radical (unpaired) electrons. The molecule has 1 aromatic rings. The molecular weight excluding hydrogens is 174 g/mol. The molecule has 0 aromatic carbocycles. The molecule has 1 aromatic heterocycles. The third-order valence-corrected chi connectivity index (χ3v) is 1.56. The number of aromatic carboxylic acids is 1. The Balaban J connectivity index is 2.82. The first-order chi connectivity index (χ1) is 6.15. The van der Waals surface area contributed by atoms with Crippen LogP contribution in [0.15, 0.2) is 12.3 Å². The third kappa shape index (κ3) is 2.06. The van der Waals surface area contributed by atoms with E-state index in [-0.39, 0.29) is 12.0 Å². The van der Waals surface area contributed by atoms with Crippen LogP contribution in [0.2, 0.25) is 0 Å². The summed E-state index contributed by atoms with van der Waals surface area (Å²) in [5.74, 6) is 3.35. The van der Waals surface area contributed by atoms with E-state index in [2.05, 4.69) is 4.98 Å². The summed E-state index contributed by atoms with van der Waals surface area (Å²) in [7, 11) is 0. The van der Waals surface area contributed by atoms with Crippen molar-refractivity contribution in [1.82, 2.24) is 10.4 Å². The molecule has 0 aliphatic rings. The zero-order chi connectivity index (χ0) is 9.84. The lowest BCUT2D eigenvalue weighted by atomic mass is 10.2. The van der Waals surface area contributed by atoms with Gasteiger partial charge in [-0.05, 0) is 6.07 Å². The standard InChI is InChI=1S/C7H9N3O3/c8-10-6(11)3-5-4(7(12)13)1-2-9-5/h1-2,9H,3,8H2,(H,10,11)(H,12,13). The molecule has 6 heteroatoms. The van der Waals surface area contributed by atoms with Crippen molar-refractivity contribution in [3.05, 3.63) is 23.5 Å². The second-order valence-electron chi connectivity index (χ2n) is 2.42. The van der Waals surface area contributed by atoms with Crippen molar-refractivity contribution in [2.75, 3.05) is 0 Å². The molecule has 0 saturated carbocycles. The normalized spacial score (nSPS) is 9.62. The van der Waals surface area contributed by atoms with Gasteiger partial charge < -0.3 is 10.1 Å². The van der Waals surface area contributed by atoms with E-state index in [0.29, 0.717) is 5.69 Å². The monoisotopic (exact) mass is 183 g/mol. The van der Waals surface area contributed by atoms with Crippen LogP contribution in [0.25, 0.3) is 0 Å². The summed E-state index contributed by atoms with van der Waals surface area (Å²) in [5.41, 5.74) is 2.35. The number of carbonyl (C=O) groups excluding carboxylic acids is 1. The number of rotatable bonds is 3. The van der Waals surface area contributed by atoms with Crippen molar-refractivity contribution in [1.29, 1.82) is 0 Å². The molecule has 6 nitrogen and oxygen atoms in total. The highest BCUT2D eigenvalue weighted by Gasteiger charge is 2.12. The van der Waals surface area contributed by atoms with E-state index < -0.39 is 11.9 Å². The van der Waals surface area contributed by atoms with E-state index in [1.165, 1.54) is 12.3 Å². The summed E-state index contributed by atoms with van der Waals surface area (Å²) in [6.07, 6.45) is 1.40. The molecule has 0 bridgehead atoms. The number of hydrogen-bond acceptors (Lipinski definition) is 3. The Hall–Kier alpha value is -1.82. The molecule has 0 spiro atoms. The fraction of sp³-hybridized carbons (Fsp3) is 0.143. The molecule has 0 unspecified atom stereocenters. The molecule has 5 N–H and O–H groups in total. The SMILES string of the molecule is NNC(=O)Cc1[nH]ccc1C(=O)O. The van der Waals surface area contributed by atoms with Crippen molar-refractivity contribution < 1.29 is 14.7 Å². The van der Waals surface area contributed by atoms with Crippen LogP contribution in [0.5, 0.6) is 0 Å². The second kappa shape index (κ2) is 3.72. The minimum Gasteiger partial charge on any atom is -0.478 e. The maximum Gasteiger partial charge on any atom is 0.337 e. The molecule has 0 saturated heterocycles. The number of carboxylic acid groups (broad SMARTS) is 1. The topological polar surface area (TPSA) is 108 Å². The average Bonchev–Trinajstić information content (AvgIpc) is 2.52. The van der Waals surface area contributed by atoms with Crippen LogP contribution in [-0.4, -0.2) is 22.0 Å². The number of aromatic amines is 1. The highest BCUT2D eigenvalue weighted by molar-refractivity contribution is 5.91. The molecule has 0 aliphatic carbocycles. The van der Waals surface area contributed by atoms with Crippen molar-refractivity contribution in [3.8, 4) is 0 Å². The molecule has 0 atom stereocenters. The van der Waals surface area contributed by atoms with Crippen molar-refractivity contribution >= 4 is 11.9 Å². The van der Waals surface area contributed by atoms with Gasteiger partial charge in [-0.1, -0.05) is 0 Å². The number of aromatic nitrogens is 1. The summed E-state index contributed by atoms with van der Waals surface area (Å²) in [5, 5.41) is 8.66. The zero-order valence-corrected chi connectivity index (χ0v) is 6.70. The number of nitrogens with two attached hydrogens (primary N) is 1. The van der Waals surface area contributed by atoms with Crippen LogP contribution in [0.1, 0.15) is 16.1 Å². The zero-order valence-electron chi connectivity index (χ0n) is 6.70. The van der Waals surface area contributed by atoms with E-state index in [9.17, 15) is 9.59 Å². The van der Waals surface area contributed by atoms with Crippen LogP contribution in [0.4, 0.5) is 0 Å². The number of amides is 1. The van der Waals surface area contributed by atoms with E-state index in [0.717, 1.165) is 0 Å². The largest absolute Gasteiger partial charge is 0.478 e. The van der Waals surface area contributed by atoms with Crippen LogP contribution in [0.3, 0.4) is 0 Å². The summed E-state index contributed by atoms with van der Waals surface area (Å²) < 4.78 is 0. The van der Waals surface area contributed by atoms with Crippen molar-refractivity contribution in [2.24, 2.45) is 5.84 Å². The Morgan fingerprint density at radius 1 is 1.62 bits per heavy atom. The Morgan fingerprint density at radius 3 is 2.85 bits per heavy atom. The molecule has 1 heterocycles. The van der Waals surface area contributed by atoms with Gasteiger partial charge in [0.25, 0.3) is 0 Å². The molecular formula is C7H9N3O3. The highest BCUT2D eigenvalue weighted by Crippen LogP contribution is 2.06. The van der Waals surface area contributed by atoms with Crippen LogP contribution < -0.4 is 11.3 Å². The highest BCUT2D eigenvalue weighted by atomic mass is 16.4. The molecule has 1 amide bonds. The van der Waals surface area contributed by atoms with Gasteiger partial charge in [-0.15, -0.1) is 0 Å². The Labute approximate surface area is 73.7 Å². The van der Waals surface area contributed by atoms with Gasteiger partial charge in [-0.2, -0.15) is 0 Å². The van der Waals surface area contributed by atoms with E-state index in [4.69, 9.17) is 10.9 Å². The van der Waals surface area contributed by atoms with Gasteiger partial charge >= 0.3 is 5.97 Å². The molecule has 0 aliphatic heterocycles. The second-order valence-corrected chi connectivity index (χ2v) is 2.42. The Morgan fingerprint density at radius 2 is 2.31 bits per heavy atom. The maximum absolute atomic E-state index is 10.8. The first kappa shape index (κ1) is 9.27. The number of H-pyrrole nitrogens is 1. The fourth-order valence-corrected chi connectivity index (χ4v) is 0.962. The molecule has 13 heavy (non-hydrogen) atoms. The summed E-state index contributed by atoms with van der Waals surface area (Å²) >= 11 is 0. The first-order valence-electron chi connectivity index (χ1n) is 3.54. The quantitative estimate of drug-likeness (QED) is 0.280. The van der Waals surface area contributed by atoms with Crippen LogP contribution >= 0.6 is 0 Å². The predicted molar refractivity (Wildman–Crippen MR) is 43.8 cm³/mol. The predicted octanol–water partition coefficient (Wildman–Crippen LogP) is -0.755. The van der Waals surface area contributed by atoms with E-state index in [1.807, 2.05) is 5.43 Å². The molecule has 70 valence electrons. The van der Waals surface area contributed by atoms with Gasteiger partial charge in [0, 0.05) is 11.9 Å². The lowest BCUT2D eigenvalue weighted by molar-refractivity contribution is -0.120. The minimum atomic E-state index is -1.07. The van der Waals surface area contributed by atoms with Crippen LogP contribution in [0, 0.1) is 0 Å². The first-order valence-corrected chi connectivity index (χ1v) is 3.54. The summed E-state index contributed by atoms with van der Waals surface area (Å²) in [6.45, 7) is 0. The van der Waals surface area contributed by atoms with Gasteiger partial charge in [0.15, 0.2) is 0 Å². The number of carboxylic acids is 1. The number of hydrazine groups is 1. The molecule has 1 rings (SSSR count). The lowest BCUT2D eigenvalue weighted by Gasteiger charge is -1.98.